The summed E-state index contributed by atoms with van der Waals surface area (Å²) < 4.78 is 0.951. The first kappa shape index (κ1) is 16.3. The van der Waals surface area contributed by atoms with Crippen molar-refractivity contribution >= 4 is 56.7 Å². The Bertz CT molecular complexity index is 649. The van der Waals surface area contributed by atoms with Crippen molar-refractivity contribution in [3.63, 3.8) is 0 Å². The molecule has 0 atom stereocenters. The minimum Gasteiger partial charge on any atom is -0.398 e. The van der Waals surface area contributed by atoms with Gasteiger partial charge in [0.15, 0.2) is 0 Å². The molecule has 0 bridgehead atoms. The van der Waals surface area contributed by atoms with E-state index in [4.69, 9.17) is 5.73 Å². The third kappa shape index (κ3) is 4.69. The molecule has 21 heavy (non-hydrogen) atoms. The van der Waals surface area contributed by atoms with Crippen molar-refractivity contribution in [1.82, 2.24) is 0 Å². The molecule has 3 N–H and O–H groups in total. The van der Waals surface area contributed by atoms with E-state index in [0.29, 0.717) is 11.4 Å². The Balaban J connectivity index is 1.97. The molecule has 0 aliphatic rings. The van der Waals surface area contributed by atoms with Gasteiger partial charge in [0.05, 0.1) is 11.4 Å². The van der Waals surface area contributed by atoms with Gasteiger partial charge < -0.3 is 11.1 Å². The molecule has 2 aromatic carbocycles. The van der Waals surface area contributed by atoms with Crippen LogP contribution in [0.15, 0.2) is 56.7 Å². The van der Waals surface area contributed by atoms with Crippen LogP contribution in [-0.2, 0) is 4.79 Å². The van der Waals surface area contributed by atoms with Crippen LogP contribution in [0.2, 0.25) is 0 Å². The van der Waals surface area contributed by atoms with Crippen LogP contribution < -0.4 is 11.1 Å². The molecule has 0 radical (unpaired) electrons. The van der Waals surface area contributed by atoms with Crippen LogP contribution in [0.25, 0.3) is 0 Å². The molecule has 0 aliphatic carbocycles. The van der Waals surface area contributed by atoms with Gasteiger partial charge in [-0.2, -0.15) is 0 Å². The van der Waals surface area contributed by atoms with Crippen molar-refractivity contribution in [3.8, 4) is 0 Å². The molecular formula is C15H15BrN2OS2. The summed E-state index contributed by atoms with van der Waals surface area (Å²) in [7, 11) is 0. The maximum absolute atomic E-state index is 12.1. The van der Waals surface area contributed by atoms with Crippen molar-refractivity contribution in [2.75, 3.05) is 23.1 Å². The van der Waals surface area contributed by atoms with E-state index in [2.05, 4.69) is 21.2 Å². The molecule has 0 fully saturated rings. The molecule has 6 heteroatoms. The van der Waals surface area contributed by atoms with E-state index in [0.717, 1.165) is 20.0 Å². The summed E-state index contributed by atoms with van der Waals surface area (Å²) >= 11 is 6.44. The van der Waals surface area contributed by atoms with Crippen LogP contribution in [0.4, 0.5) is 11.4 Å². The fourth-order valence-corrected chi connectivity index (χ4v) is 3.58. The molecule has 0 unspecified atom stereocenters. The van der Waals surface area contributed by atoms with Crippen LogP contribution in [-0.4, -0.2) is 17.9 Å². The Morgan fingerprint density at radius 2 is 2.00 bits per heavy atom. The zero-order chi connectivity index (χ0) is 15.2. The van der Waals surface area contributed by atoms with E-state index in [1.165, 1.54) is 11.8 Å². The van der Waals surface area contributed by atoms with Crippen molar-refractivity contribution in [1.29, 1.82) is 0 Å². The average molecular weight is 383 g/mol. The Hall–Kier alpha value is -1.11. The number of thioether (sulfide) groups is 2. The lowest BCUT2D eigenvalue weighted by Gasteiger charge is -2.10. The topological polar surface area (TPSA) is 55.1 Å². The number of amides is 1. The van der Waals surface area contributed by atoms with E-state index in [1.54, 1.807) is 11.8 Å². The first-order valence-corrected chi connectivity index (χ1v) is 9.21. The molecular weight excluding hydrogens is 368 g/mol. The summed E-state index contributed by atoms with van der Waals surface area (Å²) in [6, 6.07) is 13.4. The summed E-state index contributed by atoms with van der Waals surface area (Å²) in [6.45, 7) is 0. The monoisotopic (exact) mass is 382 g/mol. The number of anilines is 2. The molecule has 0 aliphatic heterocycles. The molecule has 0 saturated heterocycles. The number of hydrogen-bond donors (Lipinski definition) is 2. The average Bonchev–Trinajstić information content (AvgIpc) is 2.49. The molecule has 0 aromatic heterocycles. The number of nitrogen functional groups attached to an aromatic ring is 1. The quantitative estimate of drug-likeness (QED) is 0.590. The van der Waals surface area contributed by atoms with E-state index in [-0.39, 0.29) is 5.91 Å². The Kier molecular flexibility index (Phi) is 6.02. The fraction of sp³-hybridized carbons (Fsp3) is 0.133. The lowest BCUT2D eigenvalue weighted by molar-refractivity contribution is -0.113. The summed E-state index contributed by atoms with van der Waals surface area (Å²) in [5.74, 6) is 0.282. The molecule has 3 nitrogen and oxygen atoms in total. The SMILES string of the molecule is CSc1ccccc1NC(=O)CSc1cc(Br)ccc1N. The highest BCUT2D eigenvalue weighted by atomic mass is 79.9. The largest absolute Gasteiger partial charge is 0.398 e. The number of nitrogens with one attached hydrogen (secondary N) is 1. The van der Waals surface area contributed by atoms with Crippen LogP contribution >= 0.6 is 39.5 Å². The highest BCUT2D eigenvalue weighted by molar-refractivity contribution is 9.10. The maximum Gasteiger partial charge on any atom is 0.234 e. The number of hydrogen-bond acceptors (Lipinski definition) is 4. The first-order valence-electron chi connectivity index (χ1n) is 6.21. The van der Waals surface area contributed by atoms with Gasteiger partial charge in [-0.1, -0.05) is 28.1 Å². The van der Waals surface area contributed by atoms with Gasteiger partial charge in [-0.3, -0.25) is 4.79 Å². The van der Waals surface area contributed by atoms with Crippen molar-refractivity contribution in [2.24, 2.45) is 0 Å². The normalized spacial score (nSPS) is 10.4. The van der Waals surface area contributed by atoms with Gasteiger partial charge in [-0.15, -0.1) is 23.5 Å². The molecule has 110 valence electrons. The zero-order valence-corrected chi connectivity index (χ0v) is 14.6. The third-order valence-electron chi connectivity index (χ3n) is 2.72. The highest BCUT2D eigenvalue weighted by Gasteiger charge is 2.08. The summed E-state index contributed by atoms with van der Waals surface area (Å²) in [5.41, 5.74) is 7.42. The van der Waals surface area contributed by atoms with E-state index in [1.807, 2.05) is 48.7 Å². The van der Waals surface area contributed by atoms with Crippen LogP contribution in [0.5, 0.6) is 0 Å². The van der Waals surface area contributed by atoms with Gasteiger partial charge in [0.1, 0.15) is 0 Å². The standard InChI is InChI=1S/C15H15BrN2OS2/c1-20-13-5-3-2-4-12(13)18-15(19)9-21-14-8-10(16)6-7-11(14)17/h2-8H,9,17H2,1H3,(H,18,19). The third-order valence-corrected chi connectivity index (χ3v) is 5.08. The van der Waals surface area contributed by atoms with Gasteiger partial charge in [0.25, 0.3) is 0 Å². The van der Waals surface area contributed by atoms with Crippen LogP contribution in [0, 0.1) is 0 Å². The van der Waals surface area contributed by atoms with Gasteiger partial charge >= 0.3 is 0 Å². The maximum atomic E-state index is 12.1. The van der Waals surface area contributed by atoms with Crippen molar-refractivity contribution in [2.45, 2.75) is 9.79 Å². The Morgan fingerprint density at radius 3 is 2.76 bits per heavy atom. The van der Waals surface area contributed by atoms with Gasteiger partial charge in [0.2, 0.25) is 5.91 Å². The first-order chi connectivity index (χ1) is 10.1. The van der Waals surface area contributed by atoms with E-state index in [9.17, 15) is 4.79 Å². The zero-order valence-electron chi connectivity index (χ0n) is 11.4. The predicted octanol–water partition coefficient (Wildman–Crippen LogP) is 4.48. The fourth-order valence-electron chi connectivity index (χ4n) is 1.71. The number of benzene rings is 2. The molecule has 2 aromatic rings. The molecule has 0 saturated carbocycles. The second-order valence-corrected chi connectivity index (χ2v) is 7.00. The smallest absolute Gasteiger partial charge is 0.234 e. The number of carbonyl (C=O) groups excluding carboxylic acids is 1. The van der Waals surface area contributed by atoms with E-state index < -0.39 is 0 Å². The summed E-state index contributed by atoms with van der Waals surface area (Å²) in [4.78, 5) is 14.0. The van der Waals surface area contributed by atoms with Crippen LogP contribution in [0.3, 0.4) is 0 Å². The minimum atomic E-state index is -0.0409. The minimum absolute atomic E-state index is 0.0409. The van der Waals surface area contributed by atoms with Crippen molar-refractivity contribution in [3.05, 3.63) is 46.9 Å². The lowest BCUT2D eigenvalue weighted by Crippen LogP contribution is -2.14. The Labute approximate surface area is 141 Å². The predicted molar refractivity (Wildman–Crippen MR) is 96.1 cm³/mol. The van der Waals surface area contributed by atoms with E-state index >= 15 is 0 Å². The second kappa shape index (κ2) is 7.77. The van der Waals surface area contributed by atoms with Crippen LogP contribution in [0.1, 0.15) is 0 Å². The number of nitrogens with two attached hydrogens (primary N) is 1. The van der Waals surface area contributed by atoms with Gasteiger partial charge in [-0.05, 0) is 36.6 Å². The molecule has 1 amide bonds. The number of para-hydroxylation sites is 1. The molecule has 0 spiro atoms. The number of halogens is 1. The molecule has 0 heterocycles. The second-order valence-electron chi connectivity index (χ2n) is 4.22. The van der Waals surface area contributed by atoms with Gasteiger partial charge in [0, 0.05) is 20.0 Å². The van der Waals surface area contributed by atoms with Gasteiger partial charge in [-0.25, -0.2) is 0 Å². The number of rotatable bonds is 5. The summed E-state index contributed by atoms with van der Waals surface area (Å²) in [5, 5.41) is 2.93. The van der Waals surface area contributed by atoms with Crippen molar-refractivity contribution < 1.29 is 4.79 Å². The lowest BCUT2D eigenvalue weighted by atomic mass is 10.3. The number of carbonyl (C=O) groups is 1. The highest BCUT2D eigenvalue weighted by Crippen LogP contribution is 2.29. The Morgan fingerprint density at radius 1 is 1.24 bits per heavy atom. The summed E-state index contributed by atoms with van der Waals surface area (Å²) in [6.07, 6.45) is 1.99. The molecule has 2 rings (SSSR count).